The van der Waals surface area contributed by atoms with Crippen LogP contribution in [0.3, 0.4) is 0 Å². The van der Waals surface area contributed by atoms with Crippen LogP contribution in [-0.2, 0) is 9.47 Å². The third-order valence-corrected chi connectivity index (χ3v) is 2.29. The Morgan fingerprint density at radius 1 is 1.29 bits per heavy atom. The summed E-state index contributed by atoms with van der Waals surface area (Å²) in [5.41, 5.74) is 0. The molecule has 5 nitrogen and oxygen atoms in total. The number of nitrogens with one attached hydrogen (secondary N) is 1. The number of carbonyl (C=O) groups excluding carboxylic acids is 1. The lowest BCUT2D eigenvalue weighted by Gasteiger charge is -2.09. The summed E-state index contributed by atoms with van der Waals surface area (Å²) >= 11 is 0. The molecule has 2 rings (SSSR count). The Balaban J connectivity index is 1.64. The molecule has 5 heteroatoms. The summed E-state index contributed by atoms with van der Waals surface area (Å²) in [6.07, 6.45) is -0.0367. The number of benzene rings is 1. The smallest absolute Gasteiger partial charge is 0.410 e. The average Bonchev–Trinajstić information content (AvgIpc) is 2.83. The zero-order valence-corrected chi connectivity index (χ0v) is 9.43. The van der Waals surface area contributed by atoms with E-state index in [1.807, 2.05) is 18.2 Å². The molecule has 17 heavy (non-hydrogen) atoms. The molecule has 0 aliphatic carbocycles. The molecule has 0 aromatic heterocycles. The highest BCUT2D eigenvalue weighted by Crippen LogP contribution is 2.09. The van der Waals surface area contributed by atoms with E-state index in [1.165, 1.54) is 0 Å². The Bertz CT molecular complexity index is 349. The van der Waals surface area contributed by atoms with E-state index in [9.17, 15) is 4.79 Å². The summed E-state index contributed by atoms with van der Waals surface area (Å²) in [5, 5.41) is 2.64. The van der Waals surface area contributed by atoms with Gasteiger partial charge in [0, 0.05) is 13.0 Å². The zero-order chi connectivity index (χ0) is 11.9. The van der Waals surface area contributed by atoms with Crippen LogP contribution >= 0.6 is 0 Å². The first-order chi connectivity index (χ1) is 8.34. The molecular weight excluding hydrogens is 222 g/mol. The van der Waals surface area contributed by atoms with E-state index in [-0.39, 0.29) is 6.29 Å². The van der Waals surface area contributed by atoms with Gasteiger partial charge in [-0.2, -0.15) is 0 Å². The summed E-state index contributed by atoms with van der Waals surface area (Å²) in [4.78, 5) is 11.4. The van der Waals surface area contributed by atoms with Crippen LogP contribution in [-0.4, -0.2) is 32.1 Å². The molecule has 0 unspecified atom stereocenters. The van der Waals surface area contributed by atoms with Gasteiger partial charge in [0.05, 0.1) is 13.2 Å². The Morgan fingerprint density at radius 2 is 2.00 bits per heavy atom. The van der Waals surface area contributed by atoms with E-state index >= 15 is 0 Å². The number of amides is 1. The lowest BCUT2D eigenvalue weighted by atomic mass is 10.3. The molecule has 1 fully saturated rings. The maximum absolute atomic E-state index is 11.4. The predicted octanol–water partition coefficient (Wildman–Crippen LogP) is 1.54. The van der Waals surface area contributed by atoms with Gasteiger partial charge in [-0.25, -0.2) is 4.79 Å². The third-order valence-electron chi connectivity index (χ3n) is 2.29. The molecule has 1 amide bonds. The highest BCUT2D eigenvalue weighted by atomic mass is 16.7. The van der Waals surface area contributed by atoms with Gasteiger partial charge in [-0.05, 0) is 12.1 Å². The van der Waals surface area contributed by atoms with Gasteiger partial charge in [0.25, 0.3) is 0 Å². The van der Waals surface area contributed by atoms with E-state index in [4.69, 9.17) is 14.2 Å². The Morgan fingerprint density at radius 3 is 2.71 bits per heavy atom. The Labute approximate surface area is 99.7 Å². The average molecular weight is 237 g/mol. The van der Waals surface area contributed by atoms with Gasteiger partial charge in [-0.15, -0.1) is 0 Å². The van der Waals surface area contributed by atoms with Gasteiger partial charge >= 0.3 is 6.09 Å². The Hall–Kier alpha value is -1.59. The van der Waals surface area contributed by atoms with Gasteiger partial charge in [0.1, 0.15) is 5.75 Å². The fourth-order valence-corrected chi connectivity index (χ4v) is 1.50. The van der Waals surface area contributed by atoms with Crippen molar-refractivity contribution < 1.29 is 19.0 Å². The van der Waals surface area contributed by atoms with Crippen molar-refractivity contribution in [1.82, 2.24) is 5.32 Å². The van der Waals surface area contributed by atoms with Gasteiger partial charge in [0.2, 0.25) is 0 Å². The number of hydrogen-bond acceptors (Lipinski definition) is 4. The molecule has 1 aromatic carbocycles. The molecule has 1 aliphatic rings. The maximum atomic E-state index is 11.4. The van der Waals surface area contributed by atoms with Gasteiger partial charge in [-0.1, -0.05) is 18.2 Å². The molecule has 1 aliphatic heterocycles. The first-order valence-corrected chi connectivity index (χ1v) is 5.58. The number of rotatable bonds is 4. The summed E-state index contributed by atoms with van der Waals surface area (Å²) in [7, 11) is 0. The first-order valence-electron chi connectivity index (χ1n) is 5.58. The second kappa shape index (κ2) is 6.22. The summed E-state index contributed by atoms with van der Waals surface area (Å²) in [6, 6.07) is 8.93. The van der Waals surface area contributed by atoms with Crippen molar-refractivity contribution in [3.63, 3.8) is 0 Å². The van der Waals surface area contributed by atoms with Crippen LogP contribution in [0.25, 0.3) is 0 Å². The van der Waals surface area contributed by atoms with Crippen molar-refractivity contribution in [3.05, 3.63) is 30.3 Å². The first kappa shape index (κ1) is 11.9. The van der Waals surface area contributed by atoms with Gasteiger partial charge in [-0.3, -0.25) is 0 Å². The minimum Gasteiger partial charge on any atom is -0.410 e. The number of hydrogen-bond donors (Lipinski definition) is 1. The molecule has 92 valence electrons. The zero-order valence-electron chi connectivity index (χ0n) is 9.43. The van der Waals surface area contributed by atoms with E-state index < -0.39 is 6.09 Å². The van der Waals surface area contributed by atoms with Crippen LogP contribution in [0.15, 0.2) is 30.3 Å². The quantitative estimate of drug-likeness (QED) is 0.863. The van der Waals surface area contributed by atoms with Crippen LogP contribution < -0.4 is 10.1 Å². The topological polar surface area (TPSA) is 56.8 Å². The predicted molar refractivity (Wildman–Crippen MR) is 60.8 cm³/mol. The number of ether oxygens (including phenoxy) is 3. The molecule has 0 radical (unpaired) electrons. The number of para-hydroxylation sites is 1. The van der Waals surface area contributed by atoms with Gasteiger partial charge in [0.15, 0.2) is 6.29 Å². The highest BCUT2D eigenvalue weighted by Gasteiger charge is 2.15. The van der Waals surface area contributed by atoms with E-state index in [2.05, 4.69) is 5.32 Å². The largest absolute Gasteiger partial charge is 0.412 e. The van der Waals surface area contributed by atoms with Crippen LogP contribution in [0.4, 0.5) is 4.79 Å². The van der Waals surface area contributed by atoms with E-state index in [1.54, 1.807) is 12.1 Å². The van der Waals surface area contributed by atoms with Crippen LogP contribution in [0.1, 0.15) is 6.42 Å². The van der Waals surface area contributed by atoms with Crippen molar-refractivity contribution >= 4 is 6.09 Å². The van der Waals surface area contributed by atoms with Crippen LogP contribution in [0, 0.1) is 0 Å². The standard InChI is InChI=1S/C12H15NO4/c14-12(17-10-4-2-1-3-5-10)13-7-6-11-15-8-9-16-11/h1-5,11H,6-9H2,(H,13,14). The van der Waals surface area contributed by atoms with Crippen molar-refractivity contribution in [2.45, 2.75) is 12.7 Å². The van der Waals surface area contributed by atoms with Crippen LogP contribution in [0.2, 0.25) is 0 Å². The van der Waals surface area contributed by atoms with Crippen molar-refractivity contribution in [3.8, 4) is 5.75 Å². The third kappa shape index (κ3) is 4.05. The summed E-state index contributed by atoms with van der Waals surface area (Å²) in [5.74, 6) is 0.526. The minimum atomic E-state index is -0.464. The molecule has 1 heterocycles. The van der Waals surface area contributed by atoms with Crippen molar-refractivity contribution in [1.29, 1.82) is 0 Å². The number of carbonyl (C=O) groups is 1. The maximum Gasteiger partial charge on any atom is 0.412 e. The second-order valence-corrected chi connectivity index (χ2v) is 3.59. The van der Waals surface area contributed by atoms with E-state index in [0.717, 1.165) is 0 Å². The molecule has 0 bridgehead atoms. The normalized spacial score (nSPS) is 15.8. The summed E-state index contributed by atoms with van der Waals surface area (Å²) in [6.45, 7) is 1.72. The lowest BCUT2D eigenvalue weighted by molar-refractivity contribution is -0.0455. The monoisotopic (exact) mass is 237 g/mol. The molecule has 1 saturated heterocycles. The molecule has 0 saturated carbocycles. The molecule has 1 N–H and O–H groups in total. The van der Waals surface area contributed by atoms with Crippen molar-refractivity contribution in [2.24, 2.45) is 0 Å². The molecule has 1 aromatic rings. The molecule has 0 spiro atoms. The van der Waals surface area contributed by atoms with Crippen LogP contribution in [0.5, 0.6) is 5.75 Å². The fraction of sp³-hybridized carbons (Fsp3) is 0.417. The fourth-order valence-electron chi connectivity index (χ4n) is 1.50. The highest BCUT2D eigenvalue weighted by molar-refractivity contribution is 5.70. The lowest BCUT2D eigenvalue weighted by Crippen LogP contribution is -2.30. The summed E-state index contributed by atoms with van der Waals surface area (Å²) < 4.78 is 15.5. The molecule has 0 atom stereocenters. The second-order valence-electron chi connectivity index (χ2n) is 3.59. The van der Waals surface area contributed by atoms with Gasteiger partial charge < -0.3 is 19.5 Å². The van der Waals surface area contributed by atoms with E-state index in [0.29, 0.717) is 31.9 Å². The van der Waals surface area contributed by atoms with Crippen molar-refractivity contribution in [2.75, 3.05) is 19.8 Å². The molecular formula is C12H15NO4. The minimum absolute atomic E-state index is 0.202. The Kier molecular flexibility index (Phi) is 4.35. The SMILES string of the molecule is O=C(NCCC1OCCO1)Oc1ccccc1.